The zero-order valence-corrected chi connectivity index (χ0v) is 9.98. The average molecular weight is 234 g/mol. The number of amides is 1. The average Bonchev–Trinajstić information content (AvgIpc) is 2.77. The molecule has 0 aliphatic carbocycles. The van der Waals surface area contributed by atoms with Crippen molar-refractivity contribution in [3.8, 4) is 5.75 Å². The van der Waals surface area contributed by atoms with Gasteiger partial charge in [-0.15, -0.1) is 0 Å². The summed E-state index contributed by atoms with van der Waals surface area (Å²) in [6.45, 7) is 2.41. The number of hydrogen-bond donors (Lipinski definition) is 2. The number of ether oxygens (including phenoxy) is 1. The number of benzene rings is 1. The van der Waals surface area contributed by atoms with E-state index in [4.69, 9.17) is 10.5 Å². The van der Waals surface area contributed by atoms with Gasteiger partial charge in [0, 0.05) is 6.42 Å². The summed E-state index contributed by atoms with van der Waals surface area (Å²) in [7, 11) is 0. The Morgan fingerprint density at radius 2 is 2.35 bits per heavy atom. The SMILES string of the molecule is CC[C@H](N)C(=O)NCC1Cc2ccccc2O1. The zero-order valence-electron chi connectivity index (χ0n) is 9.98. The molecule has 17 heavy (non-hydrogen) atoms. The van der Waals surface area contributed by atoms with Crippen LogP contribution in [0.5, 0.6) is 5.75 Å². The number of nitrogens with two attached hydrogens (primary N) is 1. The maximum Gasteiger partial charge on any atom is 0.237 e. The molecule has 4 nitrogen and oxygen atoms in total. The fraction of sp³-hybridized carbons (Fsp3) is 0.462. The second-order valence-corrected chi connectivity index (χ2v) is 4.31. The van der Waals surface area contributed by atoms with Gasteiger partial charge in [-0.2, -0.15) is 0 Å². The first-order valence-electron chi connectivity index (χ1n) is 5.98. The first-order valence-corrected chi connectivity index (χ1v) is 5.98. The Hall–Kier alpha value is -1.55. The molecule has 0 saturated carbocycles. The molecule has 1 aliphatic heterocycles. The fourth-order valence-corrected chi connectivity index (χ4v) is 1.90. The molecule has 0 spiro atoms. The van der Waals surface area contributed by atoms with Gasteiger partial charge in [-0.3, -0.25) is 4.79 Å². The number of rotatable bonds is 4. The van der Waals surface area contributed by atoms with Crippen molar-refractivity contribution in [1.29, 1.82) is 0 Å². The summed E-state index contributed by atoms with van der Waals surface area (Å²) in [5, 5.41) is 2.82. The van der Waals surface area contributed by atoms with E-state index in [1.807, 2.05) is 25.1 Å². The molecule has 0 saturated heterocycles. The Bertz CT molecular complexity index is 381. The summed E-state index contributed by atoms with van der Waals surface area (Å²) in [5.74, 6) is 0.818. The van der Waals surface area contributed by atoms with E-state index < -0.39 is 6.04 Å². The van der Waals surface area contributed by atoms with E-state index in [9.17, 15) is 4.79 Å². The number of carbonyl (C=O) groups excluding carboxylic acids is 1. The van der Waals surface area contributed by atoms with Crippen LogP contribution >= 0.6 is 0 Å². The highest BCUT2D eigenvalue weighted by Gasteiger charge is 2.23. The molecular weight excluding hydrogens is 216 g/mol. The van der Waals surface area contributed by atoms with Gasteiger partial charge < -0.3 is 15.8 Å². The molecule has 92 valence electrons. The van der Waals surface area contributed by atoms with Crippen LogP contribution in [0.25, 0.3) is 0 Å². The van der Waals surface area contributed by atoms with Gasteiger partial charge in [0.25, 0.3) is 0 Å². The Morgan fingerprint density at radius 1 is 1.59 bits per heavy atom. The van der Waals surface area contributed by atoms with Crippen LogP contribution in [-0.2, 0) is 11.2 Å². The lowest BCUT2D eigenvalue weighted by Crippen LogP contribution is -2.43. The van der Waals surface area contributed by atoms with E-state index in [0.717, 1.165) is 12.2 Å². The summed E-state index contributed by atoms with van der Waals surface area (Å²) in [6.07, 6.45) is 1.52. The molecule has 0 fully saturated rings. The Labute approximate surface area is 101 Å². The number of carbonyl (C=O) groups is 1. The molecule has 4 heteroatoms. The third-order valence-electron chi connectivity index (χ3n) is 2.99. The lowest BCUT2D eigenvalue weighted by Gasteiger charge is -2.14. The maximum atomic E-state index is 11.5. The Balaban J connectivity index is 1.82. The van der Waals surface area contributed by atoms with Crippen molar-refractivity contribution in [1.82, 2.24) is 5.32 Å². The molecule has 1 unspecified atom stereocenters. The monoisotopic (exact) mass is 234 g/mol. The normalized spacial score (nSPS) is 19.3. The smallest absolute Gasteiger partial charge is 0.237 e. The first kappa shape index (κ1) is 11.9. The lowest BCUT2D eigenvalue weighted by molar-refractivity contribution is -0.122. The molecule has 1 amide bonds. The van der Waals surface area contributed by atoms with Gasteiger partial charge in [-0.25, -0.2) is 0 Å². The van der Waals surface area contributed by atoms with Crippen LogP contribution < -0.4 is 15.8 Å². The highest BCUT2D eigenvalue weighted by atomic mass is 16.5. The summed E-state index contributed by atoms with van der Waals surface area (Å²) >= 11 is 0. The van der Waals surface area contributed by atoms with E-state index in [1.165, 1.54) is 5.56 Å². The molecular formula is C13H18N2O2. The van der Waals surface area contributed by atoms with E-state index in [1.54, 1.807) is 0 Å². The van der Waals surface area contributed by atoms with Gasteiger partial charge >= 0.3 is 0 Å². The van der Waals surface area contributed by atoms with E-state index in [-0.39, 0.29) is 12.0 Å². The van der Waals surface area contributed by atoms with Crippen molar-refractivity contribution in [2.45, 2.75) is 31.9 Å². The Kier molecular flexibility index (Phi) is 3.64. The van der Waals surface area contributed by atoms with Gasteiger partial charge in [0.1, 0.15) is 11.9 Å². The largest absolute Gasteiger partial charge is 0.488 e. The molecule has 2 rings (SSSR count). The van der Waals surface area contributed by atoms with Gasteiger partial charge in [0.15, 0.2) is 0 Å². The number of para-hydroxylation sites is 1. The maximum absolute atomic E-state index is 11.5. The lowest BCUT2D eigenvalue weighted by atomic mass is 10.1. The molecule has 1 aromatic carbocycles. The van der Waals surface area contributed by atoms with Crippen LogP contribution in [0.4, 0.5) is 0 Å². The highest BCUT2D eigenvalue weighted by molar-refractivity contribution is 5.81. The molecule has 1 aromatic rings. The van der Waals surface area contributed by atoms with E-state index in [2.05, 4.69) is 11.4 Å². The molecule has 1 heterocycles. The van der Waals surface area contributed by atoms with Crippen molar-refractivity contribution in [3.05, 3.63) is 29.8 Å². The molecule has 0 bridgehead atoms. The second-order valence-electron chi connectivity index (χ2n) is 4.31. The Morgan fingerprint density at radius 3 is 3.06 bits per heavy atom. The van der Waals surface area contributed by atoms with Crippen LogP contribution in [0, 0.1) is 0 Å². The molecule has 0 aromatic heterocycles. The van der Waals surface area contributed by atoms with Crippen molar-refractivity contribution in [3.63, 3.8) is 0 Å². The van der Waals surface area contributed by atoms with Crippen molar-refractivity contribution in [2.24, 2.45) is 5.73 Å². The molecule has 3 N–H and O–H groups in total. The summed E-state index contributed by atoms with van der Waals surface area (Å²) in [6, 6.07) is 7.53. The third kappa shape index (κ3) is 2.77. The van der Waals surface area contributed by atoms with Crippen LogP contribution in [-0.4, -0.2) is 24.6 Å². The topological polar surface area (TPSA) is 64.4 Å². The van der Waals surface area contributed by atoms with Gasteiger partial charge in [0.05, 0.1) is 12.6 Å². The van der Waals surface area contributed by atoms with E-state index >= 15 is 0 Å². The van der Waals surface area contributed by atoms with Crippen LogP contribution in [0.15, 0.2) is 24.3 Å². The predicted molar refractivity (Wildman–Crippen MR) is 65.8 cm³/mol. The minimum absolute atomic E-state index is 0.0282. The predicted octanol–water partition coefficient (Wildman–Crippen LogP) is 0.844. The van der Waals surface area contributed by atoms with Gasteiger partial charge in [-0.1, -0.05) is 25.1 Å². The third-order valence-corrected chi connectivity index (χ3v) is 2.99. The van der Waals surface area contributed by atoms with E-state index in [0.29, 0.717) is 13.0 Å². The summed E-state index contributed by atoms with van der Waals surface area (Å²) in [4.78, 5) is 11.5. The molecule has 1 aliphatic rings. The standard InChI is InChI=1S/C13H18N2O2/c1-2-11(14)13(16)15-8-10-7-9-5-3-4-6-12(9)17-10/h3-6,10-11H,2,7-8,14H2,1H3,(H,15,16)/t10?,11-/m0/s1. The summed E-state index contributed by atoms with van der Waals surface area (Å²) < 4.78 is 5.72. The molecule has 2 atom stereocenters. The molecule has 0 radical (unpaired) electrons. The highest BCUT2D eigenvalue weighted by Crippen LogP contribution is 2.27. The van der Waals surface area contributed by atoms with Crippen LogP contribution in [0.1, 0.15) is 18.9 Å². The van der Waals surface area contributed by atoms with Crippen LogP contribution in [0.3, 0.4) is 0 Å². The fourth-order valence-electron chi connectivity index (χ4n) is 1.90. The van der Waals surface area contributed by atoms with Gasteiger partial charge in [-0.05, 0) is 18.1 Å². The van der Waals surface area contributed by atoms with Gasteiger partial charge in [0.2, 0.25) is 5.91 Å². The zero-order chi connectivity index (χ0) is 12.3. The minimum atomic E-state index is -0.418. The van der Waals surface area contributed by atoms with Crippen LogP contribution in [0.2, 0.25) is 0 Å². The van der Waals surface area contributed by atoms with Crippen molar-refractivity contribution >= 4 is 5.91 Å². The number of hydrogen-bond acceptors (Lipinski definition) is 3. The number of nitrogens with one attached hydrogen (secondary N) is 1. The quantitative estimate of drug-likeness (QED) is 0.811. The van der Waals surface area contributed by atoms with Crippen molar-refractivity contribution < 1.29 is 9.53 Å². The summed E-state index contributed by atoms with van der Waals surface area (Å²) in [5.41, 5.74) is 6.83. The second kappa shape index (κ2) is 5.19. The van der Waals surface area contributed by atoms with Crippen molar-refractivity contribution in [2.75, 3.05) is 6.54 Å². The minimum Gasteiger partial charge on any atom is -0.488 e. The number of fused-ring (bicyclic) bond motifs is 1. The first-order chi connectivity index (χ1) is 8.20.